The molecule has 0 heterocycles. The molecule has 1 aromatic carbocycles. The largest absolute Gasteiger partial charge is 0.444 e. The molecule has 0 aliphatic heterocycles. The summed E-state index contributed by atoms with van der Waals surface area (Å²) in [5.74, 6) is -0.285. The molecule has 0 saturated carbocycles. The van der Waals surface area contributed by atoms with Crippen molar-refractivity contribution in [2.24, 2.45) is 0 Å². The Morgan fingerprint density at radius 1 is 1.13 bits per heavy atom. The lowest BCUT2D eigenvalue weighted by Crippen LogP contribution is -2.33. The van der Waals surface area contributed by atoms with Crippen LogP contribution in [0.15, 0.2) is 24.3 Å². The van der Waals surface area contributed by atoms with Gasteiger partial charge in [-0.15, -0.1) is 0 Å². The quantitative estimate of drug-likeness (QED) is 0.547. The smallest absolute Gasteiger partial charge is 0.407 e. The number of carbonyl (C=O) groups is 1. The van der Waals surface area contributed by atoms with Crippen molar-refractivity contribution in [2.75, 3.05) is 18.4 Å². The lowest BCUT2D eigenvalue weighted by atomic mass is 10.2. The van der Waals surface area contributed by atoms with Crippen molar-refractivity contribution < 1.29 is 13.9 Å². The van der Waals surface area contributed by atoms with Gasteiger partial charge in [-0.3, -0.25) is 0 Å². The van der Waals surface area contributed by atoms with Gasteiger partial charge in [0, 0.05) is 18.8 Å². The Morgan fingerprint density at radius 2 is 1.70 bits per heavy atom. The van der Waals surface area contributed by atoms with Crippen LogP contribution in [0.3, 0.4) is 0 Å². The topological polar surface area (TPSA) is 62.4 Å². The van der Waals surface area contributed by atoms with Crippen LogP contribution >= 0.6 is 12.2 Å². The van der Waals surface area contributed by atoms with Crippen LogP contribution in [0.5, 0.6) is 0 Å². The van der Waals surface area contributed by atoms with Gasteiger partial charge in [0.25, 0.3) is 0 Å². The molecule has 0 aliphatic rings. The first-order chi connectivity index (χ1) is 10.8. The molecule has 0 aliphatic carbocycles. The van der Waals surface area contributed by atoms with E-state index >= 15 is 0 Å². The number of thiocarbonyl (C=S) groups is 1. The number of alkyl carbamates (subject to hydrolysis) is 1. The van der Waals surface area contributed by atoms with Crippen molar-refractivity contribution in [1.82, 2.24) is 10.6 Å². The first kappa shape index (κ1) is 19.2. The first-order valence-corrected chi connectivity index (χ1v) is 7.94. The molecule has 5 nitrogen and oxygen atoms in total. The highest BCUT2D eigenvalue weighted by molar-refractivity contribution is 7.80. The van der Waals surface area contributed by atoms with Gasteiger partial charge in [-0.2, -0.15) is 0 Å². The molecule has 0 saturated heterocycles. The zero-order valence-corrected chi connectivity index (χ0v) is 14.6. The van der Waals surface area contributed by atoms with Gasteiger partial charge in [-0.25, -0.2) is 9.18 Å². The van der Waals surface area contributed by atoms with Gasteiger partial charge in [0.15, 0.2) is 5.11 Å². The van der Waals surface area contributed by atoms with Gasteiger partial charge >= 0.3 is 6.09 Å². The minimum atomic E-state index is -0.482. The van der Waals surface area contributed by atoms with E-state index < -0.39 is 11.7 Å². The molecule has 0 aromatic heterocycles. The lowest BCUT2D eigenvalue weighted by molar-refractivity contribution is 0.0527. The van der Waals surface area contributed by atoms with E-state index in [4.69, 9.17) is 17.0 Å². The van der Waals surface area contributed by atoms with Crippen molar-refractivity contribution in [1.29, 1.82) is 0 Å². The third-order valence-electron chi connectivity index (χ3n) is 2.66. The van der Waals surface area contributed by atoms with Crippen LogP contribution < -0.4 is 16.0 Å². The van der Waals surface area contributed by atoms with Gasteiger partial charge in [0.1, 0.15) is 11.4 Å². The Kier molecular flexibility index (Phi) is 7.74. The number of amides is 1. The van der Waals surface area contributed by atoms with E-state index in [0.717, 1.165) is 18.5 Å². The molecule has 23 heavy (non-hydrogen) atoms. The SMILES string of the molecule is CC(C)(C)OC(=O)NCCCCNC(=S)Nc1ccc(F)cc1. The molecular weight excluding hydrogens is 317 g/mol. The van der Waals surface area contributed by atoms with Crippen LogP contribution in [0.1, 0.15) is 33.6 Å². The number of nitrogens with one attached hydrogen (secondary N) is 3. The van der Waals surface area contributed by atoms with Crippen LogP contribution in [0.2, 0.25) is 0 Å². The zero-order valence-electron chi connectivity index (χ0n) is 13.7. The predicted octanol–water partition coefficient (Wildman–Crippen LogP) is 3.42. The third-order valence-corrected chi connectivity index (χ3v) is 2.91. The summed E-state index contributed by atoms with van der Waals surface area (Å²) in [6, 6.07) is 5.97. The second-order valence-electron chi connectivity index (χ2n) is 6.02. The standard InChI is InChI=1S/C16H24FN3O2S/c1-16(2,3)22-15(21)19-11-5-4-10-18-14(23)20-13-8-6-12(17)7-9-13/h6-9H,4-5,10-11H2,1-3H3,(H,19,21)(H2,18,20,23). The molecule has 0 radical (unpaired) electrons. The Balaban J connectivity index is 2.07. The number of hydrogen-bond acceptors (Lipinski definition) is 3. The molecule has 0 atom stereocenters. The summed E-state index contributed by atoms with van der Waals surface area (Å²) in [5, 5.41) is 9.21. The average molecular weight is 341 g/mol. The minimum Gasteiger partial charge on any atom is -0.444 e. The van der Waals surface area contributed by atoms with Crippen LogP contribution in [0.25, 0.3) is 0 Å². The van der Waals surface area contributed by atoms with Crippen molar-refractivity contribution in [3.8, 4) is 0 Å². The number of rotatable bonds is 6. The Morgan fingerprint density at radius 3 is 2.26 bits per heavy atom. The fourth-order valence-corrected chi connectivity index (χ4v) is 1.88. The fraction of sp³-hybridized carbons (Fsp3) is 0.500. The molecule has 0 unspecified atom stereocenters. The average Bonchev–Trinajstić information content (AvgIpc) is 2.43. The molecule has 1 rings (SSSR count). The van der Waals surface area contributed by atoms with Crippen LogP contribution in [0, 0.1) is 5.82 Å². The van der Waals surface area contributed by atoms with Crippen LogP contribution in [-0.4, -0.2) is 29.9 Å². The van der Waals surface area contributed by atoms with Crippen molar-refractivity contribution in [3.05, 3.63) is 30.1 Å². The highest BCUT2D eigenvalue weighted by Gasteiger charge is 2.15. The minimum absolute atomic E-state index is 0.285. The summed E-state index contributed by atoms with van der Waals surface area (Å²) in [6.45, 7) is 6.71. The second kappa shape index (κ2) is 9.29. The summed E-state index contributed by atoms with van der Waals surface area (Å²) in [6.07, 6.45) is 1.26. The maximum absolute atomic E-state index is 12.8. The van der Waals surface area contributed by atoms with Gasteiger partial charge in [0.2, 0.25) is 0 Å². The number of ether oxygens (including phenoxy) is 1. The molecule has 0 bridgehead atoms. The zero-order chi connectivity index (χ0) is 17.3. The van der Waals surface area contributed by atoms with E-state index in [1.165, 1.54) is 12.1 Å². The van der Waals surface area contributed by atoms with E-state index in [9.17, 15) is 9.18 Å². The molecule has 3 N–H and O–H groups in total. The summed E-state index contributed by atoms with van der Waals surface area (Å²) >= 11 is 5.14. The third kappa shape index (κ3) is 9.67. The molecule has 128 valence electrons. The maximum Gasteiger partial charge on any atom is 0.407 e. The lowest BCUT2D eigenvalue weighted by Gasteiger charge is -2.19. The number of anilines is 1. The summed E-state index contributed by atoms with van der Waals surface area (Å²) < 4.78 is 17.9. The van der Waals surface area contributed by atoms with Crippen LogP contribution in [-0.2, 0) is 4.74 Å². The van der Waals surface area contributed by atoms with Crippen molar-refractivity contribution >= 4 is 29.1 Å². The number of hydrogen-bond donors (Lipinski definition) is 3. The van der Waals surface area contributed by atoms with E-state index in [1.54, 1.807) is 12.1 Å². The normalized spacial score (nSPS) is 10.8. The maximum atomic E-state index is 12.8. The monoisotopic (exact) mass is 341 g/mol. The number of halogens is 1. The number of benzene rings is 1. The fourth-order valence-electron chi connectivity index (χ4n) is 1.67. The van der Waals surface area contributed by atoms with Crippen molar-refractivity contribution in [3.63, 3.8) is 0 Å². The van der Waals surface area contributed by atoms with E-state index in [0.29, 0.717) is 18.2 Å². The molecule has 1 aromatic rings. The molecule has 7 heteroatoms. The molecule has 0 fully saturated rings. The molecule has 0 spiro atoms. The second-order valence-corrected chi connectivity index (χ2v) is 6.43. The van der Waals surface area contributed by atoms with Gasteiger partial charge in [-0.05, 0) is 70.1 Å². The van der Waals surface area contributed by atoms with Gasteiger partial charge in [0.05, 0.1) is 0 Å². The molecule has 1 amide bonds. The van der Waals surface area contributed by atoms with E-state index in [2.05, 4.69) is 16.0 Å². The molecular formula is C16H24FN3O2S. The predicted molar refractivity (Wildman–Crippen MR) is 94.1 cm³/mol. The highest BCUT2D eigenvalue weighted by Crippen LogP contribution is 2.08. The Hall–Kier alpha value is -1.89. The van der Waals surface area contributed by atoms with E-state index in [-0.39, 0.29) is 5.82 Å². The van der Waals surface area contributed by atoms with E-state index in [1.807, 2.05) is 20.8 Å². The summed E-state index contributed by atoms with van der Waals surface area (Å²) in [5.41, 5.74) is 0.250. The summed E-state index contributed by atoms with van der Waals surface area (Å²) in [7, 11) is 0. The van der Waals surface area contributed by atoms with Crippen molar-refractivity contribution in [2.45, 2.75) is 39.2 Å². The Bertz CT molecular complexity index is 515. The number of unbranched alkanes of at least 4 members (excludes halogenated alkanes) is 1. The van der Waals surface area contributed by atoms with Gasteiger partial charge in [-0.1, -0.05) is 0 Å². The van der Waals surface area contributed by atoms with Crippen LogP contribution in [0.4, 0.5) is 14.9 Å². The summed E-state index contributed by atoms with van der Waals surface area (Å²) in [4.78, 5) is 11.4. The van der Waals surface area contributed by atoms with Gasteiger partial charge < -0.3 is 20.7 Å². The highest BCUT2D eigenvalue weighted by atomic mass is 32.1. The number of carbonyl (C=O) groups excluding carboxylic acids is 1. The first-order valence-electron chi connectivity index (χ1n) is 7.53. The Labute approximate surface area is 142 Å².